The maximum Gasteiger partial charge on any atom is 0.142 e. The van der Waals surface area contributed by atoms with E-state index in [1.54, 1.807) is 25.1 Å². The summed E-state index contributed by atoms with van der Waals surface area (Å²) in [7, 11) is 1.73. The van der Waals surface area contributed by atoms with Crippen LogP contribution in [0.5, 0.6) is 5.75 Å². The molecule has 178 valence electrons. The number of hydrogen-bond acceptors (Lipinski definition) is 6. The summed E-state index contributed by atoms with van der Waals surface area (Å²) in [5.41, 5.74) is 7.89. The first kappa shape index (κ1) is 22.9. The van der Waals surface area contributed by atoms with E-state index >= 15 is 0 Å². The highest BCUT2D eigenvalue weighted by Gasteiger charge is 2.28. The summed E-state index contributed by atoms with van der Waals surface area (Å²) in [6.07, 6.45) is 7.67. The zero-order valence-corrected chi connectivity index (χ0v) is 21.0. The van der Waals surface area contributed by atoms with Crippen LogP contribution >= 0.6 is 11.8 Å². The van der Waals surface area contributed by atoms with Crippen LogP contribution in [0, 0.1) is 13.8 Å². The lowest BCUT2D eigenvalue weighted by Gasteiger charge is -2.35. The zero-order chi connectivity index (χ0) is 23.7. The Morgan fingerprint density at radius 1 is 1.18 bits per heavy atom. The van der Waals surface area contributed by atoms with Gasteiger partial charge < -0.3 is 18.8 Å². The van der Waals surface area contributed by atoms with Crippen molar-refractivity contribution in [3.8, 4) is 17.0 Å². The van der Waals surface area contributed by atoms with E-state index in [1.807, 2.05) is 12.3 Å². The van der Waals surface area contributed by atoms with E-state index in [0.29, 0.717) is 6.04 Å². The quantitative estimate of drug-likeness (QED) is 0.299. The Kier molecular flexibility index (Phi) is 6.57. The maximum atomic E-state index is 5.81. The number of fused-ring (bicyclic) bond motifs is 1. The number of anilines is 1. The molecule has 3 aromatic heterocycles. The molecular weight excluding hydrogens is 446 g/mol. The highest BCUT2D eigenvalue weighted by Crippen LogP contribution is 2.40. The maximum absolute atomic E-state index is 5.81. The van der Waals surface area contributed by atoms with Gasteiger partial charge in [-0.25, -0.2) is 4.52 Å². The largest absolute Gasteiger partial charge is 0.496 e. The van der Waals surface area contributed by atoms with Gasteiger partial charge in [-0.05, 0) is 68.3 Å². The summed E-state index contributed by atoms with van der Waals surface area (Å²) < 4.78 is 19.0. The molecule has 1 fully saturated rings. The molecule has 6 nitrogen and oxygen atoms in total. The summed E-state index contributed by atoms with van der Waals surface area (Å²) in [5, 5.41) is 6.14. The number of ether oxygens (including phenoxy) is 2. The fraction of sp³-hybridized carbons (Fsp3) is 0.370. The Hall–Kier alpha value is -2.90. The van der Waals surface area contributed by atoms with Crippen molar-refractivity contribution in [3.05, 3.63) is 65.6 Å². The zero-order valence-electron chi connectivity index (χ0n) is 20.2. The van der Waals surface area contributed by atoms with Crippen molar-refractivity contribution < 1.29 is 13.9 Å². The molecule has 1 aromatic carbocycles. The van der Waals surface area contributed by atoms with Crippen molar-refractivity contribution in [1.29, 1.82) is 0 Å². The molecule has 1 saturated heterocycles. The molecule has 0 radical (unpaired) electrons. The van der Waals surface area contributed by atoms with Gasteiger partial charge in [-0.15, -0.1) is 11.8 Å². The van der Waals surface area contributed by atoms with Gasteiger partial charge in [-0.1, -0.05) is 12.1 Å². The van der Waals surface area contributed by atoms with Crippen molar-refractivity contribution in [2.45, 2.75) is 44.3 Å². The molecule has 0 spiro atoms. The van der Waals surface area contributed by atoms with Gasteiger partial charge in [0, 0.05) is 36.9 Å². The summed E-state index contributed by atoms with van der Waals surface area (Å²) in [6.45, 7) is 6.57. The van der Waals surface area contributed by atoms with Gasteiger partial charge in [0.1, 0.15) is 10.8 Å². The van der Waals surface area contributed by atoms with E-state index in [0.717, 1.165) is 65.7 Å². The van der Waals surface area contributed by atoms with E-state index in [1.165, 1.54) is 16.8 Å². The molecule has 7 heteroatoms. The Labute approximate surface area is 204 Å². The van der Waals surface area contributed by atoms with Gasteiger partial charge in [-0.2, -0.15) is 5.10 Å². The van der Waals surface area contributed by atoms with Crippen molar-refractivity contribution in [2.75, 3.05) is 31.5 Å². The minimum atomic E-state index is 0.377. The predicted molar refractivity (Wildman–Crippen MR) is 137 cm³/mol. The number of rotatable bonds is 7. The van der Waals surface area contributed by atoms with Crippen LogP contribution in [0.1, 0.15) is 29.5 Å². The van der Waals surface area contributed by atoms with Gasteiger partial charge in [-0.3, -0.25) is 0 Å². The lowest BCUT2D eigenvalue weighted by atomic mass is 10.0. The van der Waals surface area contributed by atoms with Gasteiger partial charge in [0.05, 0.1) is 36.5 Å². The van der Waals surface area contributed by atoms with Crippen molar-refractivity contribution >= 4 is 23.0 Å². The Morgan fingerprint density at radius 3 is 2.71 bits per heavy atom. The second kappa shape index (κ2) is 9.76. The topological polar surface area (TPSA) is 52.1 Å². The fourth-order valence-electron chi connectivity index (χ4n) is 5.02. The number of nitrogens with zero attached hydrogens (tertiary/aromatic N) is 3. The van der Waals surface area contributed by atoms with Crippen LogP contribution in [0.4, 0.5) is 5.69 Å². The number of furan rings is 1. The van der Waals surface area contributed by atoms with Crippen molar-refractivity contribution in [3.63, 3.8) is 0 Å². The van der Waals surface area contributed by atoms with Crippen LogP contribution < -0.4 is 9.64 Å². The first-order chi connectivity index (χ1) is 16.6. The van der Waals surface area contributed by atoms with Crippen LogP contribution in [-0.2, 0) is 11.3 Å². The average Bonchev–Trinajstić information content (AvgIpc) is 3.50. The Bertz CT molecular complexity index is 1280. The fourth-order valence-corrected chi connectivity index (χ4v) is 5.60. The lowest BCUT2D eigenvalue weighted by molar-refractivity contribution is 0.0840. The molecule has 0 unspecified atom stereocenters. The molecule has 1 aliphatic rings. The smallest absolute Gasteiger partial charge is 0.142 e. The third-order valence-electron chi connectivity index (χ3n) is 6.57. The number of thioether (sulfide) groups is 1. The van der Waals surface area contributed by atoms with Gasteiger partial charge in [0.2, 0.25) is 0 Å². The van der Waals surface area contributed by atoms with Crippen LogP contribution in [0.2, 0.25) is 0 Å². The standard InChI is InChI=1S/C27H31N3O3S/c1-18-14-19(2)25(24(15-18)31-3)22-6-5-7-23-26(27(34-4)28-30(22)23)29(16-20-8-11-33-17-20)21-9-12-32-13-10-21/h5-8,11,14-15,17,21H,9-10,12-13,16H2,1-4H3. The van der Waals surface area contributed by atoms with Crippen LogP contribution in [0.15, 0.2) is 58.4 Å². The van der Waals surface area contributed by atoms with E-state index in [4.69, 9.17) is 19.0 Å². The molecule has 0 atom stereocenters. The molecule has 0 bridgehead atoms. The Morgan fingerprint density at radius 2 is 2.00 bits per heavy atom. The highest BCUT2D eigenvalue weighted by atomic mass is 32.2. The number of aryl methyl sites for hydroxylation is 2. The first-order valence-electron chi connectivity index (χ1n) is 11.7. The molecule has 0 aliphatic carbocycles. The van der Waals surface area contributed by atoms with Crippen LogP contribution in [0.3, 0.4) is 0 Å². The second-order valence-electron chi connectivity index (χ2n) is 8.83. The molecule has 4 heterocycles. The SMILES string of the molecule is COc1cc(C)cc(C)c1-c1cccc2c(N(Cc3ccoc3)C3CCOCC3)c(SC)nn12. The third kappa shape index (κ3) is 4.18. The van der Waals surface area contributed by atoms with Gasteiger partial charge >= 0.3 is 0 Å². The number of pyridine rings is 1. The second-order valence-corrected chi connectivity index (χ2v) is 9.62. The van der Waals surface area contributed by atoms with Crippen LogP contribution in [0.25, 0.3) is 16.8 Å². The molecular formula is C27H31N3O3S. The number of benzene rings is 1. The summed E-state index contributed by atoms with van der Waals surface area (Å²) in [4.78, 5) is 2.50. The lowest BCUT2D eigenvalue weighted by Crippen LogP contribution is -2.39. The molecule has 1 aliphatic heterocycles. The average molecular weight is 478 g/mol. The molecule has 34 heavy (non-hydrogen) atoms. The minimum absolute atomic E-state index is 0.377. The predicted octanol–water partition coefficient (Wildman–Crippen LogP) is 6.13. The molecule has 0 N–H and O–H groups in total. The normalized spacial score (nSPS) is 14.6. The Balaban J connectivity index is 1.70. The van der Waals surface area contributed by atoms with Crippen molar-refractivity contribution in [1.82, 2.24) is 9.61 Å². The molecule has 4 aromatic rings. The van der Waals surface area contributed by atoms with E-state index in [-0.39, 0.29) is 0 Å². The monoisotopic (exact) mass is 477 g/mol. The van der Waals surface area contributed by atoms with E-state index in [2.05, 4.69) is 59.9 Å². The minimum Gasteiger partial charge on any atom is -0.496 e. The van der Waals surface area contributed by atoms with E-state index in [9.17, 15) is 0 Å². The molecule has 5 rings (SSSR count). The summed E-state index contributed by atoms with van der Waals surface area (Å²) in [5.74, 6) is 0.868. The summed E-state index contributed by atoms with van der Waals surface area (Å²) >= 11 is 1.69. The number of aromatic nitrogens is 2. The highest BCUT2D eigenvalue weighted by molar-refractivity contribution is 7.98. The third-order valence-corrected chi connectivity index (χ3v) is 7.23. The molecule has 0 saturated carbocycles. The van der Waals surface area contributed by atoms with Crippen LogP contribution in [-0.4, -0.2) is 42.2 Å². The summed E-state index contributed by atoms with van der Waals surface area (Å²) in [6, 6.07) is 13.1. The number of methoxy groups -OCH3 is 1. The van der Waals surface area contributed by atoms with Gasteiger partial charge in [0.25, 0.3) is 0 Å². The molecule has 0 amide bonds. The first-order valence-corrected chi connectivity index (χ1v) is 12.9. The van der Waals surface area contributed by atoms with Crippen molar-refractivity contribution in [2.24, 2.45) is 0 Å². The number of hydrogen-bond donors (Lipinski definition) is 0. The van der Waals surface area contributed by atoms with E-state index < -0.39 is 0 Å². The van der Waals surface area contributed by atoms with Gasteiger partial charge in [0.15, 0.2) is 0 Å².